The molecule has 0 heterocycles. The van der Waals surface area contributed by atoms with E-state index in [-0.39, 0.29) is 5.97 Å². The third-order valence-corrected chi connectivity index (χ3v) is 2.98. The van der Waals surface area contributed by atoms with E-state index in [4.69, 9.17) is 10.5 Å². The summed E-state index contributed by atoms with van der Waals surface area (Å²) in [4.78, 5) is 11.5. The van der Waals surface area contributed by atoms with Gasteiger partial charge in [0, 0.05) is 6.04 Å². The van der Waals surface area contributed by atoms with Crippen LogP contribution >= 0.6 is 0 Å². The monoisotopic (exact) mass is 205 g/mol. The van der Waals surface area contributed by atoms with Crippen molar-refractivity contribution in [3.63, 3.8) is 0 Å². The fourth-order valence-electron chi connectivity index (χ4n) is 2.06. The van der Waals surface area contributed by atoms with Crippen LogP contribution in [0.5, 0.6) is 0 Å². The van der Waals surface area contributed by atoms with Crippen LogP contribution in [0.1, 0.15) is 34.7 Å². The molecule has 1 aromatic rings. The molecule has 15 heavy (non-hydrogen) atoms. The maximum atomic E-state index is 11.5. The highest BCUT2D eigenvalue weighted by Crippen LogP contribution is 2.37. The lowest BCUT2D eigenvalue weighted by Gasteiger charge is -2.33. The Morgan fingerprint density at radius 2 is 2.07 bits per heavy atom. The van der Waals surface area contributed by atoms with Gasteiger partial charge < -0.3 is 10.5 Å². The van der Waals surface area contributed by atoms with Gasteiger partial charge in [-0.25, -0.2) is 4.79 Å². The lowest BCUT2D eigenvalue weighted by atomic mass is 9.75. The van der Waals surface area contributed by atoms with Gasteiger partial charge in [0.2, 0.25) is 0 Å². The van der Waals surface area contributed by atoms with Crippen molar-refractivity contribution in [2.75, 3.05) is 7.11 Å². The number of ether oxygens (including phenoxy) is 1. The summed E-state index contributed by atoms with van der Waals surface area (Å²) in [5.74, 6) is 0.168. The van der Waals surface area contributed by atoms with Crippen molar-refractivity contribution >= 4 is 5.97 Å². The number of hydrogen-bond donors (Lipinski definition) is 1. The highest BCUT2D eigenvalue weighted by molar-refractivity contribution is 5.91. The Bertz CT molecular complexity index is 370. The Kier molecular flexibility index (Phi) is 2.73. The van der Waals surface area contributed by atoms with Gasteiger partial charge >= 0.3 is 5.97 Å². The van der Waals surface area contributed by atoms with Crippen LogP contribution in [0.15, 0.2) is 24.3 Å². The van der Waals surface area contributed by atoms with E-state index in [1.54, 1.807) is 0 Å². The molecule has 80 valence electrons. The zero-order chi connectivity index (χ0) is 10.8. The number of carbonyl (C=O) groups is 1. The fraction of sp³-hybridized carbons (Fsp3) is 0.417. The average Bonchev–Trinajstić information content (AvgIpc) is 2.24. The minimum atomic E-state index is -0.258. The maximum Gasteiger partial charge on any atom is 0.338 e. The smallest absolute Gasteiger partial charge is 0.338 e. The molecule has 0 spiro atoms. The molecule has 1 aliphatic rings. The lowest BCUT2D eigenvalue weighted by molar-refractivity contribution is 0.0598. The van der Waals surface area contributed by atoms with Crippen molar-refractivity contribution in [2.24, 2.45) is 5.73 Å². The zero-order valence-corrected chi connectivity index (χ0v) is 8.77. The molecular weight excluding hydrogens is 190 g/mol. The molecule has 1 saturated carbocycles. The van der Waals surface area contributed by atoms with E-state index in [0.29, 0.717) is 17.5 Å². The zero-order valence-electron chi connectivity index (χ0n) is 8.77. The molecule has 2 rings (SSSR count). The predicted octanol–water partition coefficient (Wildman–Crippen LogP) is 1.68. The number of esters is 1. The van der Waals surface area contributed by atoms with Crippen LogP contribution in [0.4, 0.5) is 0 Å². The second-order valence-corrected chi connectivity index (χ2v) is 4.01. The quantitative estimate of drug-likeness (QED) is 0.747. The first-order chi connectivity index (χ1) is 7.22. The molecule has 0 radical (unpaired) electrons. The topological polar surface area (TPSA) is 52.3 Å². The van der Waals surface area contributed by atoms with E-state index in [1.807, 2.05) is 24.3 Å². The average molecular weight is 205 g/mol. The standard InChI is InChI=1S/C12H15NO2/c1-15-12(14)11-5-3-2-4-10(11)8-6-9(13)7-8/h2-5,8-9H,6-7,13H2,1H3. The summed E-state index contributed by atoms with van der Waals surface area (Å²) >= 11 is 0. The minimum absolute atomic E-state index is 0.258. The Balaban J connectivity index is 2.26. The SMILES string of the molecule is COC(=O)c1ccccc1C1CC(N)C1. The second kappa shape index (κ2) is 4.03. The van der Waals surface area contributed by atoms with Crippen molar-refractivity contribution in [1.29, 1.82) is 0 Å². The minimum Gasteiger partial charge on any atom is -0.465 e. The Labute approximate surface area is 89.2 Å². The summed E-state index contributed by atoms with van der Waals surface area (Å²) in [6, 6.07) is 7.90. The maximum absolute atomic E-state index is 11.5. The highest BCUT2D eigenvalue weighted by atomic mass is 16.5. The fourth-order valence-corrected chi connectivity index (χ4v) is 2.06. The van der Waals surface area contributed by atoms with Crippen molar-refractivity contribution in [1.82, 2.24) is 0 Å². The van der Waals surface area contributed by atoms with Gasteiger partial charge in [-0.3, -0.25) is 0 Å². The summed E-state index contributed by atoms with van der Waals surface area (Å²) in [5, 5.41) is 0. The molecule has 1 fully saturated rings. The summed E-state index contributed by atoms with van der Waals surface area (Å²) in [7, 11) is 1.41. The lowest BCUT2D eigenvalue weighted by Crippen LogP contribution is -2.35. The first-order valence-electron chi connectivity index (χ1n) is 5.15. The van der Waals surface area contributed by atoms with Gasteiger partial charge in [0.05, 0.1) is 12.7 Å². The van der Waals surface area contributed by atoms with Gasteiger partial charge in [-0.2, -0.15) is 0 Å². The normalized spacial score (nSPS) is 24.4. The van der Waals surface area contributed by atoms with E-state index in [1.165, 1.54) is 7.11 Å². The molecule has 3 nitrogen and oxygen atoms in total. The van der Waals surface area contributed by atoms with E-state index < -0.39 is 0 Å². The van der Waals surface area contributed by atoms with E-state index in [2.05, 4.69) is 0 Å². The van der Waals surface area contributed by atoms with Crippen molar-refractivity contribution in [3.8, 4) is 0 Å². The van der Waals surface area contributed by atoms with E-state index in [9.17, 15) is 4.79 Å². The van der Waals surface area contributed by atoms with Crippen LogP contribution in [0.2, 0.25) is 0 Å². The predicted molar refractivity (Wildman–Crippen MR) is 57.7 cm³/mol. The Morgan fingerprint density at radius 1 is 1.40 bits per heavy atom. The first kappa shape index (κ1) is 10.2. The van der Waals surface area contributed by atoms with Gasteiger partial charge in [0.1, 0.15) is 0 Å². The Morgan fingerprint density at radius 3 is 2.67 bits per heavy atom. The molecule has 0 amide bonds. The summed E-state index contributed by atoms with van der Waals surface area (Å²) in [5.41, 5.74) is 7.50. The molecule has 1 aliphatic carbocycles. The van der Waals surface area contributed by atoms with Gasteiger partial charge in [0.25, 0.3) is 0 Å². The van der Waals surface area contributed by atoms with Crippen LogP contribution in [0, 0.1) is 0 Å². The van der Waals surface area contributed by atoms with Gasteiger partial charge in [-0.05, 0) is 30.4 Å². The van der Waals surface area contributed by atoms with Crippen LogP contribution in [0.25, 0.3) is 0 Å². The molecular formula is C12H15NO2. The van der Waals surface area contributed by atoms with Gasteiger partial charge in [-0.15, -0.1) is 0 Å². The van der Waals surface area contributed by atoms with E-state index >= 15 is 0 Å². The molecule has 2 N–H and O–H groups in total. The van der Waals surface area contributed by atoms with Crippen molar-refractivity contribution in [2.45, 2.75) is 24.8 Å². The largest absolute Gasteiger partial charge is 0.465 e. The number of rotatable bonds is 2. The summed E-state index contributed by atoms with van der Waals surface area (Å²) in [6.45, 7) is 0. The third kappa shape index (κ3) is 1.88. The summed E-state index contributed by atoms with van der Waals surface area (Å²) in [6.07, 6.45) is 1.93. The number of nitrogens with two attached hydrogens (primary N) is 1. The molecule has 0 unspecified atom stereocenters. The van der Waals surface area contributed by atoms with E-state index in [0.717, 1.165) is 18.4 Å². The Hall–Kier alpha value is -1.35. The van der Waals surface area contributed by atoms with Crippen molar-refractivity contribution in [3.05, 3.63) is 35.4 Å². The number of benzene rings is 1. The number of methoxy groups -OCH3 is 1. The molecule has 1 aromatic carbocycles. The van der Waals surface area contributed by atoms with Crippen LogP contribution in [-0.4, -0.2) is 19.1 Å². The molecule has 0 atom stereocenters. The van der Waals surface area contributed by atoms with Crippen LogP contribution < -0.4 is 5.73 Å². The second-order valence-electron chi connectivity index (χ2n) is 4.01. The van der Waals surface area contributed by atoms with Gasteiger partial charge in [-0.1, -0.05) is 18.2 Å². The summed E-state index contributed by atoms with van der Waals surface area (Å²) < 4.78 is 4.75. The number of carbonyl (C=O) groups excluding carboxylic acids is 1. The van der Waals surface area contributed by atoms with Crippen LogP contribution in [-0.2, 0) is 4.74 Å². The van der Waals surface area contributed by atoms with Crippen molar-refractivity contribution < 1.29 is 9.53 Å². The third-order valence-electron chi connectivity index (χ3n) is 2.98. The van der Waals surface area contributed by atoms with Crippen LogP contribution in [0.3, 0.4) is 0 Å². The molecule has 3 heteroatoms. The highest BCUT2D eigenvalue weighted by Gasteiger charge is 2.30. The molecule has 0 aliphatic heterocycles. The number of hydrogen-bond acceptors (Lipinski definition) is 3. The first-order valence-corrected chi connectivity index (χ1v) is 5.15. The molecule has 0 bridgehead atoms. The van der Waals surface area contributed by atoms with Gasteiger partial charge in [0.15, 0.2) is 0 Å². The molecule has 0 saturated heterocycles. The molecule has 0 aromatic heterocycles.